The highest BCUT2D eigenvalue weighted by molar-refractivity contribution is 5.98. The van der Waals surface area contributed by atoms with Gasteiger partial charge in [0.2, 0.25) is 5.91 Å². The summed E-state index contributed by atoms with van der Waals surface area (Å²) in [5.41, 5.74) is 13.0. The van der Waals surface area contributed by atoms with Crippen LogP contribution in [0.5, 0.6) is 0 Å². The Morgan fingerprint density at radius 1 is 1.33 bits per heavy atom. The molecule has 1 aromatic carbocycles. The van der Waals surface area contributed by atoms with Crippen LogP contribution in [0.15, 0.2) is 18.2 Å². The summed E-state index contributed by atoms with van der Waals surface area (Å²) in [4.78, 5) is 25.2. The van der Waals surface area contributed by atoms with Crippen molar-refractivity contribution in [1.29, 1.82) is 0 Å². The molecule has 5 heteroatoms. The summed E-state index contributed by atoms with van der Waals surface area (Å²) in [5.74, 6) is -0.617. The van der Waals surface area contributed by atoms with E-state index in [-0.39, 0.29) is 5.91 Å². The Labute approximate surface area is 106 Å². The summed E-state index contributed by atoms with van der Waals surface area (Å²) in [6.45, 7) is 2.45. The summed E-state index contributed by atoms with van der Waals surface area (Å²) in [7, 11) is 0. The van der Waals surface area contributed by atoms with E-state index in [2.05, 4.69) is 0 Å². The van der Waals surface area contributed by atoms with Gasteiger partial charge in [-0.25, -0.2) is 0 Å². The number of nitrogens with zero attached hydrogens (tertiary/aromatic N) is 1. The first-order chi connectivity index (χ1) is 8.49. The third-order valence-corrected chi connectivity index (χ3v) is 3.19. The van der Waals surface area contributed by atoms with Gasteiger partial charge in [0, 0.05) is 17.8 Å². The molecule has 1 heterocycles. The number of likely N-dealkylation sites (tertiary alicyclic amines) is 1. The minimum absolute atomic E-state index is 0.174. The van der Waals surface area contributed by atoms with Crippen molar-refractivity contribution in [1.82, 2.24) is 4.90 Å². The molecule has 1 fully saturated rings. The lowest BCUT2D eigenvalue weighted by molar-refractivity contribution is -0.121. The van der Waals surface area contributed by atoms with Gasteiger partial charge in [-0.3, -0.25) is 9.59 Å². The maximum absolute atomic E-state index is 12.3. The second-order valence-corrected chi connectivity index (χ2v) is 4.69. The van der Waals surface area contributed by atoms with Gasteiger partial charge in [-0.05, 0) is 43.5 Å². The fourth-order valence-electron chi connectivity index (χ4n) is 2.41. The van der Waals surface area contributed by atoms with E-state index in [1.54, 1.807) is 18.2 Å². The van der Waals surface area contributed by atoms with Crippen LogP contribution in [-0.4, -0.2) is 29.3 Å². The number of benzene rings is 1. The molecule has 0 bridgehead atoms. The standard InChI is InChI=1S/C13H17N3O2/c1-8-5-9(7-10(14)6-8)13(18)16-4-2-3-11(16)12(15)17/h5-7,11H,2-4,14H2,1H3,(H2,15,17). The van der Waals surface area contributed by atoms with Gasteiger partial charge in [-0.1, -0.05) is 0 Å². The Kier molecular flexibility index (Phi) is 3.23. The fraction of sp³-hybridized carbons (Fsp3) is 0.385. The van der Waals surface area contributed by atoms with Gasteiger partial charge >= 0.3 is 0 Å². The van der Waals surface area contributed by atoms with Crippen LogP contribution in [0.3, 0.4) is 0 Å². The van der Waals surface area contributed by atoms with Crippen molar-refractivity contribution in [3.05, 3.63) is 29.3 Å². The van der Waals surface area contributed by atoms with Gasteiger partial charge in [0.05, 0.1) is 0 Å². The van der Waals surface area contributed by atoms with E-state index in [1.165, 1.54) is 4.90 Å². The topological polar surface area (TPSA) is 89.4 Å². The minimum atomic E-state index is -0.487. The number of rotatable bonds is 2. The van der Waals surface area contributed by atoms with Gasteiger partial charge in [0.15, 0.2) is 0 Å². The first kappa shape index (κ1) is 12.4. The molecule has 1 unspecified atom stereocenters. The van der Waals surface area contributed by atoms with E-state index < -0.39 is 11.9 Å². The highest BCUT2D eigenvalue weighted by Gasteiger charge is 2.33. The number of hydrogen-bond donors (Lipinski definition) is 2. The van der Waals surface area contributed by atoms with Crippen molar-refractivity contribution in [2.24, 2.45) is 5.73 Å². The van der Waals surface area contributed by atoms with Crippen LogP contribution >= 0.6 is 0 Å². The zero-order valence-electron chi connectivity index (χ0n) is 10.3. The molecule has 18 heavy (non-hydrogen) atoms. The quantitative estimate of drug-likeness (QED) is 0.752. The molecule has 1 atom stereocenters. The van der Waals surface area contributed by atoms with Gasteiger partial charge < -0.3 is 16.4 Å². The van der Waals surface area contributed by atoms with Crippen molar-refractivity contribution < 1.29 is 9.59 Å². The minimum Gasteiger partial charge on any atom is -0.399 e. The summed E-state index contributed by atoms with van der Waals surface area (Å²) >= 11 is 0. The number of nitrogen functional groups attached to an aromatic ring is 1. The average Bonchev–Trinajstić information content (AvgIpc) is 2.75. The largest absolute Gasteiger partial charge is 0.399 e. The van der Waals surface area contributed by atoms with Crippen molar-refractivity contribution in [3.8, 4) is 0 Å². The zero-order valence-corrected chi connectivity index (χ0v) is 10.3. The highest BCUT2D eigenvalue weighted by atomic mass is 16.2. The summed E-state index contributed by atoms with van der Waals surface area (Å²) < 4.78 is 0. The molecule has 1 aliphatic heterocycles. The van der Waals surface area contributed by atoms with Crippen LogP contribution in [0.2, 0.25) is 0 Å². The van der Waals surface area contributed by atoms with Crippen LogP contribution in [-0.2, 0) is 4.79 Å². The number of amides is 2. The first-order valence-corrected chi connectivity index (χ1v) is 5.96. The van der Waals surface area contributed by atoms with Crippen LogP contribution in [0.25, 0.3) is 0 Å². The van der Waals surface area contributed by atoms with E-state index in [1.807, 2.05) is 6.92 Å². The molecule has 0 aliphatic carbocycles. The molecule has 5 nitrogen and oxygen atoms in total. The molecule has 0 aromatic heterocycles. The summed E-state index contributed by atoms with van der Waals surface area (Å²) in [6.07, 6.45) is 1.45. The number of carbonyl (C=O) groups is 2. The van der Waals surface area contributed by atoms with Crippen molar-refractivity contribution in [2.45, 2.75) is 25.8 Å². The van der Waals surface area contributed by atoms with E-state index in [0.717, 1.165) is 12.0 Å². The third kappa shape index (κ3) is 2.30. The van der Waals surface area contributed by atoms with E-state index >= 15 is 0 Å². The van der Waals surface area contributed by atoms with Gasteiger partial charge in [-0.2, -0.15) is 0 Å². The van der Waals surface area contributed by atoms with Crippen LogP contribution in [0.4, 0.5) is 5.69 Å². The number of aryl methyl sites for hydroxylation is 1. The second-order valence-electron chi connectivity index (χ2n) is 4.69. The summed E-state index contributed by atoms with van der Waals surface area (Å²) in [6, 6.07) is 4.71. The molecule has 1 aliphatic rings. The van der Waals surface area contributed by atoms with Gasteiger partial charge in [-0.15, -0.1) is 0 Å². The number of nitrogens with two attached hydrogens (primary N) is 2. The molecule has 1 aromatic rings. The third-order valence-electron chi connectivity index (χ3n) is 3.19. The molecule has 2 rings (SSSR count). The predicted molar refractivity (Wildman–Crippen MR) is 68.8 cm³/mol. The Bertz CT molecular complexity index is 479. The van der Waals surface area contributed by atoms with E-state index in [0.29, 0.717) is 24.2 Å². The molecular formula is C13H17N3O2. The smallest absolute Gasteiger partial charge is 0.254 e. The van der Waals surface area contributed by atoms with Crippen LogP contribution in [0, 0.1) is 6.92 Å². The molecule has 4 N–H and O–H groups in total. The number of carbonyl (C=O) groups excluding carboxylic acids is 2. The van der Waals surface area contributed by atoms with Crippen molar-refractivity contribution in [3.63, 3.8) is 0 Å². The van der Waals surface area contributed by atoms with Crippen molar-refractivity contribution >= 4 is 17.5 Å². The SMILES string of the molecule is Cc1cc(N)cc(C(=O)N2CCCC2C(N)=O)c1. The second kappa shape index (κ2) is 4.68. The zero-order chi connectivity index (χ0) is 13.3. The normalized spacial score (nSPS) is 18.9. The lowest BCUT2D eigenvalue weighted by Crippen LogP contribution is -2.43. The lowest BCUT2D eigenvalue weighted by Gasteiger charge is -2.22. The number of hydrogen-bond acceptors (Lipinski definition) is 3. The van der Waals surface area contributed by atoms with E-state index in [9.17, 15) is 9.59 Å². The van der Waals surface area contributed by atoms with Gasteiger partial charge in [0.25, 0.3) is 5.91 Å². The highest BCUT2D eigenvalue weighted by Crippen LogP contribution is 2.21. The molecule has 1 saturated heterocycles. The lowest BCUT2D eigenvalue weighted by atomic mass is 10.1. The maximum Gasteiger partial charge on any atom is 0.254 e. The Hall–Kier alpha value is -2.04. The van der Waals surface area contributed by atoms with Crippen LogP contribution < -0.4 is 11.5 Å². The average molecular weight is 247 g/mol. The molecule has 0 spiro atoms. The molecule has 96 valence electrons. The van der Waals surface area contributed by atoms with Gasteiger partial charge in [0.1, 0.15) is 6.04 Å². The first-order valence-electron chi connectivity index (χ1n) is 5.96. The Morgan fingerprint density at radius 2 is 2.06 bits per heavy atom. The molecule has 0 saturated carbocycles. The number of primary amides is 1. The molecular weight excluding hydrogens is 230 g/mol. The monoisotopic (exact) mass is 247 g/mol. The molecule has 2 amide bonds. The number of anilines is 1. The Morgan fingerprint density at radius 3 is 2.67 bits per heavy atom. The van der Waals surface area contributed by atoms with E-state index in [4.69, 9.17) is 11.5 Å². The Balaban J connectivity index is 2.28. The molecule has 0 radical (unpaired) electrons. The predicted octanol–water partition coefficient (Wildman–Crippen LogP) is 0.667. The van der Waals surface area contributed by atoms with Crippen LogP contribution in [0.1, 0.15) is 28.8 Å². The van der Waals surface area contributed by atoms with Crippen molar-refractivity contribution in [2.75, 3.05) is 12.3 Å². The summed E-state index contributed by atoms with van der Waals surface area (Å²) in [5, 5.41) is 0. The maximum atomic E-state index is 12.3. The fourth-order valence-corrected chi connectivity index (χ4v) is 2.41.